The smallest absolute Gasteiger partial charge is 0.436 e. The van der Waals surface area contributed by atoms with Crippen molar-refractivity contribution in [2.45, 2.75) is 25.9 Å². The van der Waals surface area contributed by atoms with Gasteiger partial charge >= 0.3 is 12.1 Å². The first-order valence-corrected chi connectivity index (χ1v) is 12.4. The third kappa shape index (κ3) is 6.08. The first kappa shape index (κ1) is 26.3. The number of aryl methyl sites for hydroxylation is 1. The summed E-state index contributed by atoms with van der Waals surface area (Å²) in [5.41, 5.74) is 1.48. The number of halogens is 3. The zero-order valence-electron chi connectivity index (χ0n) is 21.0. The van der Waals surface area contributed by atoms with Crippen molar-refractivity contribution >= 4 is 12.0 Å². The summed E-state index contributed by atoms with van der Waals surface area (Å²) in [6.07, 6.45) is -3.08. The molecule has 1 saturated heterocycles. The number of anilines is 1. The van der Waals surface area contributed by atoms with Crippen molar-refractivity contribution in [1.82, 2.24) is 9.97 Å². The number of carboxylic acids is 1. The van der Waals surface area contributed by atoms with Gasteiger partial charge in [-0.15, -0.1) is 0 Å². The van der Waals surface area contributed by atoms with Crippen molar-refractivity contribution in [3.8, 4) is 17.2 Å². The molecular weight excluding hydrogens is 515 g/mol. The average Bonchev–Trinajstić information content (AvgIpc) is 3.64. The van der Waals surface area contributed by atoms with Crippen LogP contribution in [0.15, 0.2) is 69.7 Å². The molecule has 39 heavy (non-hydrogen) atoms. The molecule has 3 heterocycles. The van der Waals surface area contributed by atoms with Gasteiger partial charge < -0.3 is 23.6 Å². The van der Waals surface area contributed by atoms with E-state index >= 15 is 0 Å². The molecule has 2 atom stereocenters. The van der Waals surface area contributed by atoms with Gasteiger partial charge in [0.05, 0.1) is 18.2 Å². The summed E-state index contributed by atoms with van der Waals surface area (Å²) in [5, 5.41) is 9.69. The number of benzene rings is 2. The zero-order chi connectivity index (χ0) is 27.6. The van der Waals surface area contributed by atoms with E-state index in [1.165, 1.54) is 4.90 Å². The van der Waals surface area contributed by atoms with Gasteiger partial charge in [-0.25, -0.2) is 4.98 Å². The van der Waals surface area contributed by atoms with Crippen molar-refractivity contribution in [2.75, 3.05) is 24.6 Å². The van der Waals surface area contributed by atoms with Crippen LogP contribution >= 0.6 is 0 Å². The lowest BCUT2D eigenvalue weighted by atomic mass is 9.90. The molecule has 2 aromatic heterocycles. The summed E-state index contributed by atoms with van der Waals surface area (Å²) >= 11 is 0. The van der Waals surface area contributed by atoms with Crippen LogP contribution in [0.5, 0.6) is 5.75 Å². The van der Waals surface area contributed by atoms with Crippen LogP contribution in [0.25, 0.3) is 11.5 Å². The minimum Gasteiger partial charge on any atom is -0.493 e. The van der Waals surface area contributed by atoms with Gasteiger partial charge in [0, 0.05) is 25.1 Å². The lowest BCUT2D eigenvalue weighted by Gasteiger charge is -2.15. The van der Waals surface area contributed by atoms with E-state index in [1.54, 1.807) is 0 Å². The fourth-order valence-corrected chi connectivity index (χ4v) is 4.71. The Morgan fingerprint density at radius 1 is 1.10 bits per heavy atom. The maximum absolute atomic E-state index is 12.9. The highest BCUT2D eigenvalue weighted by Crippen LogP contribution is 2.34. The number of ether oxygens (including phenoxy) is 1. The van der Waals surface area contributed by atoms with Crippen LogP contribution in [0.1, 0.15) is 22.7 Å². The number of carbonyl (C=O) groups is 1. The molecule has 11 heteroatoms. The fourth-order valence-electron chi connectivity index (χ4n) is 4.71. The maximum atomic E-state index is 12.9. The monoisotopic (exact) mass is 541 g/mol. The van der Waals surface area contributed by atoms with Gasteiger partial charge in [0.15, 0.2) is 5.69 Å². The second-order valence-electron chi connectivity index (χ2n) is 9.46. The summed E-state index contributed by atoms with van der Waals surface area (Å²) in [7, 11) is 0. The average molecular weight is 542 g/mol. The number of hydrogen-bond donors (Lipinski definition) is 1. The van der Waals surface area contributed by atoms with Crippen LogP contribution in [0.2, 0.25) is 0 Å². The van der Waals surface area contributed by atoms with E-state index in [-0.39, 0.29) is 25.0 Å². The summed E-state index contributed by atoms with van der Waals surface area (Å²) in [6, 6.07) is 16.8. The number of carboxylic acid groups (broad SMARTS) is 1. The van der Waals surface area contributed by atoms with Crippen molar-refractivity contribution in [3.05, 3.63) is 83.6 Å². The Labute approximate surface area is 222 Å². The summed E-state index contributed by atoms with van der Waals surface area (Å²) in [6.45, 7) is 2.51. The highest BCUT2D eigenvalue weighted by molar-refractivity contribution is 5.72. The van der Waals surface area contributed by atoms with Crippen LogP contribution < -0.4 is 9.64 Å². The highest BCUT2D eigenvalue weighted by Gasteiger charge is 2.41. The lowest BCUT2D eigenvalue weighted by molar-refractivity contribution is -0.142. The van der Waals surface area contributed by atoms with Gasteiger partial charge in [-0.2, -0.15) is 18.2 Å². The van der Waals surface area contributed by atoms with E-state index < -0.39 is 23.8 Å². The van der Waals surface area contributed by atoms with Crippen LogP contribution in [0, 0.1) is 18.8 Å². The topological polar surface area (TPSA) is 102 Å². The van der Waals surface area contributed by atoms with Crippen molar-refractivity contribution in [1.29, 1.82) is 0 Å². The quantitative estimate of drug-likeness (QED) is 0.290. The molecule has 4 aromatic rings. The zero-order valence-corrected chi connectivity index (χ0v) is 21.0. The van der Waals surface area contributed by atoms with Gasteiger partial charge in [-0.1, -0.05) is 30.3 Å². The standard InChI is InChI=1S/C28H26F3N3O5/c1-17-23(32-25(39-17)19-5-3-2-4-6-19)11-12-37-21-9-7-18(8-10-21)13-20-14-34(15-22(20)26(35)36)27-33-24(16-38-27)28(29,30)31/h2-10,16,20,22H,11-15H2,1H3,(H,35,36)/t20-,22+/m1/s1. The van der Waals surface area contributed by atoms with Gasteiger partial charge in [-0.05, 0) is 49.1 Å². The molecule has 1 aliphatic rings. The number of hydrogen-bond acceptors (Lipinski definition) is 7. The predicted octanol–water partition coefficient (Wildman–Crippen LogP) is 5.66. The van der Waals surface area contributed by atoms with Gasteiger partial charge in [-0.3, -0.25) is 4.79 Å². The number of aromatic nitrogens is 2. The van der Waals surface area contributed by atoms with E-state index in [0.29, 0.717) is 37.4 Å². The van der Waals surface area contributed by atoms with E-state index in [9.17, 15) is 23.1 Å². The molecule has 1 N–H and O–H groups in total. The fraction of sp³-hybridized carbons (Fsp3) is 0.321. The number of oxazole rings is 2. The van der Waals surface area contributed by atoms with Gasteiger partial charge in [0.1, 0.15) is 17.8 Å². The second kappa shape index (κ2) is 10.8. The molecule has 0 spiro atoms. The van der Waals surface area contributed by atoms with E-state index in [1.807, 2.05) is 61.5 Å². The van der Waals surface area contributed by atoms with Crippen LogP contribution in [-0.2, 0) is 23.8 Å². The SMILES string of the molecule is Cc1oc(-c2ccccc2)nc1CCOc1ccc(C[C@@H]2CN(c3nc(C(F)(F)F)co3)C[C@@H]2C(=O)O)cc1. The molecule has 1 aliphatic heterocycles. The van der Waals surface area contributed by atoms with Crippen molar-refractivity contribution in [2.24, 2.45) is 11.8 Å². The Hall–Kier alpha value is -4.28. The Bertz CT molecular complexity index is 1420. The Balaban J connectivity index is 1.16. The predicted molar refractivity (Wildman–Crippen MR) is 134 cm³/mol. The van der Waals surface area contributed by atoms with Gasteiger partial charge in [0.25, 0.3) is 6.01 Å². The number of rotatable bonds is 9. The minimum atomic E-state index is -4.63. The van der Waals surface area contributed by atoms with Gasteiger partial charge in [0.2, 0.25) is 5.89 Å². The molecule has 0 radical (unpaired) electrons. The van der Waals surface area contributed by atoms with Crippen LogP contribution in [0.3, 0.4) is 0 Å². The molecule has 1 fully saturated rings. The molecule has 0 unspecified atom stereocenters. The molecule has 0 bridgehead atoms. The third-order valence-corrected chi connectivity index (χ3v) is 6.75. The molecule has 0 amide bonds. The summed E-state index contributed by atoms with van der Waals surface area (Å²) in [5.74, 6) is -0.140. The summed E-state index contributed by atoms with van der Waals surface area (Å²) < 4.78 is 55.3. The van der Waals surface area contributed by atoms with Crippen LogP contribution in [-0.4, -0.2) is 40.7 Å². The minimum absolute atomic E-state index is 0.0203. The molecule has 204 valence electrons. The Kier molecular flexibility index (Phi) is 7.32. The number of aliphatic carboxylic acids is 1. The summed E-state index contributed by atoms with van der Waals surface area (Å²) in [4.78, 5) is 21.4. The molecule has 8 nitrogen and oxygen atoms in total. The third-order valence-electron chi connectivity index (χ3n) is 6.75. The highest BCUT2D eigenvalue weighted by atomic mass is 19.4. The molecule has 5 rings (SSSR count). The lowest BCUT2D eigenvalue weighted by Crippen LogP contribution is -2.24. The second-order valence-corrected chi connectivity index (χ2v) is 9.46. The number of nitrogens with zero attached hydrogens (tertiary/aromatic N) is 3. The largest absolute Gasteiger partial charge is 0.493 e. The van der Waals surface area contributed by atoms with Crippen LogP contribution in [0.4, 0.5) is 19.2 Å². The normalized spacial score (nSPS) is 17.5. The van der Waals surface area contributed by atoms with E-state index in [2.05, 4.69) is 9.97 Å². The Morgan fingerprint density at radius 2 is 1.85 bits per heavy atom. The molecule has 2 aromatic carbocycles. The first-order valence-electron chi connectivity index (χ1n) is 12.4. The van der Waals surface area contributed by atoms with Crippen molar-refractivity contribution in [3.63, 3.8) is 0 Å². The van der Waals surface area contributed by atoms with Crippen molar-refractivity contribution < 1.29 is 36.6 Å². The molecule has 0 saturated carbocycles. The maximum Gasteiger partial charge on any atom is 0.436 e. The molecule has 0 aliphatic carbocycles. The molecular formula is C28H26F3N3O5. The van der Waals surface area contributed by atoms with E-state index in [4.69, 9.17) is 13.6 Å². The first-order chi connectivity index (χ1) is 18.7. The number of alkyl halides is 3. The Morgan fingerprint density at radius 3 is 2.51 bits per heavy atom. The van der Waals surface area contributed by atoms with E-state index in [0.717, 1.165) is 22.6 Å².